The van der Waals surface area contributed by atoms with E-state index < -0.39 is 17.5 Å². The van der Waals surface area contributed by atoms with Crippen molar-refractivity contribution in [1.82, 2.24) is 4.98 Å². The van der Waals surface area contributed by atoms with Crippen LogP contribution in [-0.4, -0.2) is 23.1 Å². The number of aromatic nitrogens is 1. The van der Waals surface area contributed by atoms with Crippen molar-refractivity contribution in [2.24, 2.45) is 0 Å². The number of pyridine rings is 1. The van der Waals surface area contributed by atoms with Crippen molar-refractivity contribution in [2.75, 3.05) is 11.9 Å². The molecule has 0 radical (unpaired) electrons. The molecule has 0 saturated carbocycles. The average Bonchev–Trinajstić information content (AvgIpc) is 2.12. The van der Waals surface area contributed by atoms with E-state index in [1.54, 1.807) is 26.8 Å². The van der Waals surface area contributed by atoms with Gasteiger partial charge in [0.1, 0.15) is 18.0 Å². The number of anilines is 1. The molecule has 1 rings (SSSR count). The third kappa shape index (κ3) is 4.72. The van der Waals surface area contributed by atoms with Gasteiger partial charge in [0.05, 0.1) is 0 Å². The maximum atomic E-state index is 12.7. The summed E-state index contributed by atoms with van der Waals surface area (Å²) in [6, 6.07) is 4.33. The summed E-state index contributed by atoms with van der Waals surface area (Å²) in [5.74, 6) is -0.682. The molecule has 0 unspecified atom stereocenters. The van der Waals surface area contributed by atoms with Crippen LogP contribution in [0.25, 0.3) is 0 Å². The zero-order valence-corrected chi connectivity index (χ0v) is 9.58. The van der Waals surface area contributed by atoms with Crippen LogP contribution in [0.4, 0.5) is 10.2 Å². The first-order valence-electron chi connectivity index (χ1n) is 4.95. The fourth-order valence-electron chi connectivity index (χ4n) is 1.05. The van der Waals surface area contributed by atoms with Crippen molar-refractivity contribution in [3.8, 4) is 0 Å². The lowest BCUT2D eigenvalue weighted by atomic mass is 10.2. The van der Waals surface area contributed by atoms with Crippen LogP contribution in [0, 0.1) is 5.95 Å². The summed E-state index contributed by atoms with van der Waals surface area (Å²) in [5, 5.41) is 2.68. The largest absolute Gasteiger partial charge is 0.459 e. The minimum Gasteiger partial charge on any atom is -0.459 e. The Labute approximate surface area is 93.8 Å². The quantitative estimate of drug-likeness (QED) is 0.632. The van der Waals surface area contributed by atoms with Crippen molar-refractivity contribution in [3.63, 3.8) is 0 Å². The number of nitrogens with one attached hydrogen (secondary N) is 1. The number of hydrogen-bond donors (Lipinski definition) is 1. The Kier molecular flexibility index (Phi) is 3.82. The first kappa shape index (κ1) is 12.4. The molecule has 4 nitrogen and oxygen atoms in total. The predicted octanol–water partition coefficient (Wildman–Crippen LogP) is 1.97. The first-order chi connectivity index (χ1) is 7.37. The van der Waals surface area contributed by atoms with Gasteiger partial charge < -0.3 is 10.1 Å². The summed E-state index contributed by atoms with van der Waals surface area (Å²) in [6.45, 7) is 5.32. The molecule has 1 heterocycles. The van der Waals surface area contributed by atoms with Gasteiger partial charge in [-0.1, -0.05) is 6.07 Å². The van der Waals surface area contributed by atoms with Gasteiger partial charge in [-0.3, -0.25) is 4.79 Å². The van der Waals surface area contributed by atoms with Crippen LogP contribution in [0.2, 0.25) is 0 Å². The van der Waals surface area contributed by atoms with E-state index in [2.05, 4.69) is 10.3 Å². The second-order valence-corrected chi connectivity index (χ2v) is 4.29. The van der Waals surface area contributed by atoms with E-state index in [-0.39, 0.29) is 6.54 Å². The summed E-state index contributed by atoms with van der Waals surface area (Å²) in [5.41, 5.74) is -0.520. The zero-order valence-electron chi connectivity index (χ0n) is 9.58. The van der Waals surface area contributed by atoms with Crippen molar-refractivity contribution in [3.05, 3.63) is 24.1 Å². The van der Waals surface area contributed by atoms with Crippen molar-refractivity contribution in [2.45, 2.75) is 26.4 Å². The van der Waals surface area contributed by atoms with Crippen LogP contribution < -0.4 is 5.32 Å². The van der Waals surface area contributed by atoms with Crippen molar-refractivity contribution in [1.29, 1.82) is 0 Å². The average molecular weight is 226 g/mol. The van der Waals surface area contributed by atoms with E-state index in [0.29, 0.717) is 5.82 Å². The summed E-state index contributed by atoms with van der Waals surface area (Å²) >= 11 is 0. The van der Waals surface area contributed by atoms with Gasteiger partial charge in [-0.05, 0) is 32.9 Å². The molecule has 0 atom stereocenters. The zero-order chi connectivity index (χ0) is 12.2. The Hall–Kier alpha value is -1.65. The van der Waals surface area contributed by atoms with E-state index in [9.17, 15) is 9.18 Å². The van der Waals surface area contributed by atoms with Gasteiger partial charge >= 0.3 is 5.97 Å². The van der Waals surface area contributed by atoms with Gasteiger partial charge in [0.15, 0.2) is 0 Å². The molecule has 16 heavy (non-hydrogen) atoms. The summed E-state index contributed by atoms with van der Waals surface area (Å²) < 4.78 is 17.8. The standard InChI is InChI=1S/C11H15FN2O2/c1-11(2,3)16-10(15)7-13-9-6-4-5-8(12)14-9/h4-6H,7H2,1-3H3,(H,13,14). The molecule has 0 saturated heterocycles. The summed E-state index contributed by atoms with van der Waals surface area (Å²) in [7, 11) is 0. The lowest BCUT2D eigenvalue weighted by molar-refractivity contribution is -0.152. The number of carbonyl (C=O) groups is 1. The predicted molar refractivity (Wildman–Crippen MR) is 58.5 cm³/mol. The smallest absolute Gasteiger partial charge is 0.325 e. The number of carbonyl (C=O) groups excluding carboxylic acids is 1. The molecule has 0 fully saturated rings. The minimum absolute atomic E-state index is 0.0340. The van der Waals surface area contributed by atoms with E-state index in [1.165, 1.54) is 12.1 Å². The molecule has 0 spiro atoms. The second kappa shape index (κ2) is 4.92. The lowest BCUT2D eigenvalue weighted by Gasteiger charge is -2.19. The Morgan fingerprint density at radius 2 is 2.19 bits per heavy atom. The monoisotopic (exact) mass is 226 g/mol. The number of ether oxygens (including phenoxy) is 1. The van der Waals surface area contributed by atoms with E-state index in [4.69, 9.17) is 4.74 Å². The number of rotatable bonds is 3. The SMILES string of the molecule is CC(C)(C)OC(=O)CNc1cccc(F)n1. The number of esters is 1. The maximum Gasteiger partial charge on any atom is 0.325 e. The Morgan fingerprint density at radius 3 is 2.75 bits per heavy atom. The highest BCUT2D eigenvalue weighted by molar-refractivity contribution is 5.74. The summed E-state index contributed by atoms with van der Waals surface area (Å²) in [4.78, 5) is 14.9. The van der Waals surface area contributed by atoms with E-state index in [0.717, 1.165) is 0 Å². The third-order valence-corrected chi connectivity index (χ3v) is 1.55. The molecule has 88 valence electrons. The molecule has 5 heteroatoms. The molecule has 0 aliphatic carbocycles. The molecule has 1 aromatic rings. The summed E-state index contributed by atoms with van der Waals surface area (Å²) in [6.07, 6.45) is 0. The number of nitrogens with zero attached hydrogens (tertiary/aromatic N) is 1. The molecule has 1 aromatic heterocycles. The Balaban J connectivity index is 2.43. The molecule has 1 N–H and O–H groups in total. The van der Waals surface area contributed by atoms with E-state index in [1.807, 2.05) is 0 Å². The second-order valence-electron chi connectivity index (χ2n) is 4.29. The molecular formula is C11H15FN2O2. The minimum atomic E-state index is -0.589. The molecule has 0 amide bonds. The fourth-order valence-corrected chi connectivity index (χ4v) is 1.05. The van der Waals surface area contributed by atoms with Crippen LogP contribution in [0.3, 0.4) is 0 Å². The highest BCUT2D eigenvalue weighted by Gasteiger charge is 2.15. The van der Waals surface area contributed by atoms with Gasteiger partial charge in [-0.25, -0.2) is 4.98 Å². The first-order valence-corrected chi connectivity index (χ1v) is 4.95. The Bertz CT molecular complexity index is 374. The normalized spacial score (nSPS) is 11.0. The third-order valence-electron chi connectivity index (χ3n) is 1.55. The highest BCUT2D eigenvalue weighted by Crippen LogP contribution is 2.07. The molecule has 0 aromatic carbocycles. The van der Waals surface area contributed by atoms with Gasteiger partial charge in [0.25, 0.3) is 0 Å². The van der Waals surface area contributed by atoms with Crippen LogP contribution in [0.15, 0.2) is 18.2 Å². The molecule has 0 aliphatic heterocycles. The Morgan fingerprint density at radius 1 is 1.50 bits per heavy atom. The lowest BCUT2D eigenvalue weighted by Crippen LogP contribution is -2.28. The van der Waals surface area contributed by atoms with Crippen LogP contribution in [0.1, 0.15) is 20.8 Å². The van der Waals surface area contributed by atoms with Crippen LogP contribution >= 0.6 is 0 Å². The topological polar surface area (TPSA) is 51.2 Å². The van der Waals surface area contributed by atoms with E-state index >= 15 is 0 Å². The van der Waals surface area contributed by atoms with Crippen LogP contribution in [-0.2, 0) is 9.53 Å². The van der Waals surface area contributed by atoms with Gasteiger partial charge in [-0.2, -0.15) is 4.39 Å². The number of halogens is 1. The fraction of sp³-hybridized carbons (Fsp3) is 0.455. The van der Waals surface area contributed by atoms with Gasteiger partial charge in [0, 0.05) is 0 Å². The van der Waals surface area contributed by atoms with Crippen LogP contribution in [0.5, 0.6) is 0 Å². The van der Waals surface area contributed by atoms with Crippen molar-refractivity contribution < 1.29 is 13.9 Å². The van der Waals surface area contributed by atoms with Crippen molar-refractivity contribution >= 4 is 11.8 Å². The maximum absolute atomic E-state index is 12.7. The molecule has 0 bridgehead atoms. The molecular weight excluding hydrogens is 211 g/mol. The highest BCUT2D eigenvalue weighted by atomic mass is 19.1. The molecule has 0 aliphatic rings. The van der Waals surface area contributed by atoms with Gasteiger partial charge in [-0.15, -0.1) is 0 Å². The number of hydrogen-bond acceptors (Lipinski definition) is 4. The van der Waals surface area contributed by atoms with Gasteiger partial charge in [0.2, 0.25) is 5.95 Å².